The highest BCUT2D eigenvalue weighted by molar-refractivity contribution is 9.10. The Morgan fingerprint density at radius 2 is 1.72 bits per heavy atom. The lowest BCUT2D eigenvalue weighted by Gasteiger charge is -2.25. The van der Waals surface area contributed by atoms with Crippen LogP contribution in [-0.4, -0.2) is 31.9 Å². The Hall–Kier alpha value is -4.77. The fourth-order valence-electron chi connectivity index (χ4n) is 4.63. The number of hydrogen-bond donors (Lipinski definition) is 3. The number of nitrogens with zero attached hydrogens (tertiary/aromatic N) is 2. The van der Waals surface area contributed by atoms with Crippen LogP contribution in [-0.2, 0) is 9.59 Å². The summed E-state index contributed by atoms with van der Waals surface area (Å²) in [6.45, 7) is 0. The van der Waals surface area contributed by atoms with Crippen LogP contribution in [0.25, 0.3) is 27.7 Å². The van der Waals surface area contributed by atoms with Crippen molar-refractivity contribution >= 4 is 50.1 Å². The molecule has 0 aliphatic carbocycles. The Morgan fingerprint density at radius 1 is 1.00 bits per heavy atom. The third kappa shape index (κ3) is 5.16. The number of aromatic nitrogens is 1. The number of non-ortho nitro benzene ring substituents is 1. The molecule has 0 fully saturated rings. The van der Waals surface area contributed by atoms with E-state index >= 15 is 0 Å². The van der Waals surface area contributed by atoms with Crippen molar-refractivity contribution in [1.82, 2.24) is 15.4 Å². The largest absolute Gasteiger partial charge is 0.481 e. The van der Waals surface area contributed by atoms with Gasteiger partial charge in [0.15, 0.2) is 0 Å². The van der Waals surface area contributed by atoms with Crippen molar-refractivity contribution in [2.75, 3.05) is 0 Å². The molecule has 0 saturated carbocycles. The van der Waals surface area contributed by atoms with E-state index in [9.17, 15) is 24.5 Å². The highest BCUT2D eigenvalue weighted by Gasteiger charge is 2.33. The van der Waals surface area contributed by atoms with Gasteiger partial charge in [0.25, 0.3) is 11.2 Å². The lowest BCUT2D eigenvalue weighted by atomic mass is 9.94. The van der Waals surface area contributed by atoms with Crippen LogP contribution in [0, 0.1) is 10.1 Å². The van der Waals surface area contributed by atoms with Gasteiger partial charge in [-0.25, -0.2) is 5.01 Å². The molecule has 1 aromatic heterocycles. The van der Waals surface area contributed by atoms with E-state index in [0.29, 0.717) is 27.9 Å². The number of carbonyl (C=O) groups excluding carboxylic acids is 1. The lowest BCUT2D eigenvalue weighted by molar-refractivity contribution is -0.384. The van der Waals surface area contributed by atoms with Crippen molar-refractivity contribution in [2.24, 2.45) is 0 Å². The van der Waals surface area contributed by atoms with E-state index in [4.69, 9.17) is 5.11 Å². The molecule has 0 saturated heterocycles. The summed E-state index contributed by atoms with van der Waals surface area (Å²) in [5.74, 6) is -1.63. The maximum Gasteiger partial charge on any atom is 0.303 e. The van der Waals surface area contributed by atoms with E-state index < -0.39 is 22.8 Å². The van der Waals surface area contributed by atoms with E-state index in [1.54, 1.807) is 12.1 Å². The fraction of sp³-hybridized carbons (Fsp3) is 0.107. The molecular formula is C28H21BrN4O6. The maximum atomic E-state index is 13.5. The van der Waals surface area contributed by atoms with Crippen LogP contribution in [0.1, 0.15) is 30.0 Å². The van der Waals surface area contributed by atoms with Gasteiger partial charge < -0.3 is 10.1 Å². The number of aromatic amines is 1. The Kier molecular flexibility index (Phi) is 6.99. The first-order valence-electron chi connectivity index (χ1n) is 11.9. The molecular weight excluding hydrogens is 568 g/mol. The zero-order valence-electron chi connectivity index (χ0n) is 20.3. The molecule has 0 unspecified atom stereocenters. The van der Waals surface area contributed by atoms with E-state index in [0.717, 1.165) is 15.4 Å². The quantitative estimate of drug-likeness (QED) is 0.199. The minimum atomic E-state index is -1.12. The minimum absolute atomic E-state index is 0.111. The summed E-state index contributed by atoms with van der Waals surface area (Å²) < 4.78 is 0.813. The van der Waals surface area contributed by atoms with E-state index in [2.05, 4.69) is 26.3 Å². The van der Waals surface area contributed by atoms with Crippen LogP contribution in [0.2, 0.25) is 0 Å². The third-order valence-corrected chi connectivity index (χ3v) is 6.91. The summed E-state index contributed by atoms with van der Waals surface area (Å²) in [5.41, 5.74) is 5.80. The molecule has 196 valence electrons. The number of nitro groups is 1. The van der Waals surface area contributed by atoms with E-state index in [1.165, 1.54) is 29.3 Å². The number of pyridine rings is 1. The molecule has 0 spiro atoms. The Labute approximate surface area is 229 Å². The number of H-pyrrole nitrogens is 1. The molecule has 39 heavy (non-hydrogen) atoms. The van der Waals surface area contributed by atoms with Gasteiger partial charge >= 0.3 is 5.97 Å². The van der Waals surface area contributed by atoms with Gasteiger partial charge in [-0.15, -0.1) is 0 Å². The minimum Gasteiger partial charge on any atom is -0.481 e. The number of hydrogen-bond acceptors (Lipinski definition) is 6. The van der Waals surface area contributed by atoms with Crippen molar-refractivity contribution in [2.45, 2.75) is 18.9 Å². The van der Waals surface area contributed by atoms with Crippen molar-refractivity contribution in [3.8, 4) is 11.1 Å². The second kappa shape index (κ2) is 10.5. The van der Waals surface area contributed by atoms with Crippen molar-refractivity contribution < 1.29 is 19.6 Å². The van der Waals surface area contributed by atoms with Crippen LogP contribution < -0.4 is 11.0 Å². The van der Waals surface area contributed by atoms with Crippen LogP contribution >= 0.6 is 15.9 Å². The first kappa shape index (κ1) is 25.9. The molecule has 1 atom stereocenters. The number of carboxylic acids is 1. The van der Waals surface area contributed by atoms with Crippen LogP contribution in [0.15, 0.2) is 88.1 Å². The molecule has 4 aromatic rings. The number of aliphatic carboxylic acids is 1. The molecule has 1 aliphatic rings. The summed E-state index contributed by atoms with van der Waals surface area (Å²) in [4.78, 5) is 51.4. The first-order valence-corrected chi connectivity index (χ1v) is 12.7. The number of nitrogens with one attached hydrogen (secondary N) is 2. The number of carbonyl (C=O) groups is 2. The Morgan fingerprint density at radius 3 is 2.38 bits per heavy atom. The summed E-state index contributed by atoms with van der Waals surface area (Å²) >= 11 is 3.51. The van der Waals surface area contributed by atoms with Crippen molar-refractivity contribution in [1.29, 1.82) is 0 Å². The van der Waals surface area contributed by atoms with Gasteiger partial charge in [0, 0.05) is 39.5 Å². The summed E-state index contributed by atoms with van der Waals surface area (Å²) in [7, 11) is 0. The van der Waals surface area contributed by atoms with Gasteiger partial charge in [0.05, 0.1) is 28.6 Å². The molecule has 0 bridgehead atoms. The average Bonchev–Trinajstić information content (AvgIpc) is 3.37. The summed E-state index contributed by atoms with van der Waals surface area (Å²) in [6.07, 6.45) is 1.04. The highest BCUT2D eigenvalue weighted by atomic mass is 79.9. The smallest absolute Gasteiger partial charge is 0.303 e. The van der Waals surface area contributed by atoms with Crippen molar-refractivity contribution in [3.05, 3.63) is 115 Å². The SMILES string of the molecule is O=C(O)CCC(=O)N1NC(c2c(-c3ccccc3)c3cc(Br)ccc3[nH]c2=O)=C[C@@H]1c1ccc([N+](=O)[O-])cc1. The molecule has 3 aromatic carbocycles. The number of benzene rings is 3. The number of nitro benzene ring substituents is 1. The normalized spacial score (nSPS) is 14.6. The van der Waals surface area contributed by atoms with Gasteiger partial charge in [-0.2, -0.15) is 0 Å². The number of hydrazine groups is 1. The second-order valence-electron chi connectivity index (χ2n) is 8.90. The van der Waals surface area contributed by atoms with Gasteiger partial charge in [0.2, 0.25) is 5.91 Å². The predicted octanol–water partition coefficient (Wildman–Crippen LogP) is 5.16. The summed E-state index contributed by atoms with van der Waals surface area (Å²) in [6, 6.07) is 19.9. The van der Waals surface area contributed by atoms with Crippen molar-refractivity contribution in [3.63, 3.8) is 0 Å². The molecule has 1 amide bonds. The van der Waals surface area contributed by atoms with Gasteiger partial charge in [-0.1, -0.05) is 46.3 Å². The third-order valence-electron chi connectivity index (χ3n) is 6.42. The number of halogens is 1. The molecule has 2 heterocycles. The summed E-state index contributed by atoms with van der Waals surface area (Å²) in [5, 5.41) is 22.3. The zero-order chi connectivity index (χ0) is 27.7. The van der Waals surface area contributed by atoms with Crippen LogP contribution in [0.4, 0.5) is 5.69 Å². The number of fused-ring (bicyclic) bond motifs is 1. The molecule has 1 aliphatic heterocycles. The number of carboxylic acid groups (broad SMARTS) is 1. The predicted molar refractivity (Wildman–Crippen MR) is 148 cm³/mol. The monoisotopic (exact) mass is 588 g/mol. The van der Waals surface area contributed by atoms with Gasteiger partial charge in [-0.3, -0.25) is 29.9 Å². The highest BCUT2D eigenvalue weighted by Crippen LogP contribution is 2.38. The maximum absolute atomic E-state index is 13.5. The zero-order valence-corrected chi connectivity index (χ0v) is 21.8. The molecule has 0 radical (unpaired) electrons. The first-order chi connectivity index (χ1) is 18.7. The number of rotatable bonds is 7. The van der Waals surface area contributed by atoms with E-state index in [1.807, 2.05) is 42.5 Å². The Balaban J connectivity index is 1.69. The molecule has 10 nitrogen and oxygen atoms in total. The standard InChI is InChI=1S/C28H21BrN4O6/c29-18-8-11-21-20(14-18)26(17-4-2-1-3-5-17)27(28(37)30-21)22-15-23(16-6-9-19(10-7-16)33(38)39)32(31-22)24(34)12-13-25(35)36/h1-11,14-15,23,31H,12-13H2,(H,30,37)(H,35,36)/t23-/m1/s1. The molecule has 11 heteroatoms. The van der Waals surface area contributed by atoms with Crippen LogP contribution in [0.3, 0.4) is 0 Å². The van der Waals surface area contributed by atoms with Crippen LogP contribution in [0.5, 0.6) is 0 Å². The number of amides is 1. The topological polar surface area (TPSA) is 146 Å². The lowest BCUT2D eigenvalue weighted by Crippen LogP contribution is -2.40. The fourth-order valence-corrected chi connectivity index (χ4v) is 4.99. The second-order valence-corrected chi connectivity index (χ2v) is 9.82. The molecule has 5 rings (SSSR count). The molecule has 3 N–H and O–H groups in total. The Bertz CT molecular complexity index is 1700. The van der Waals surface area contributed by atoms with E-state index in [-0.39, 0.29) is 24.1 Å². The van der Waals surface area contributed by atoms with Gasteiger partial charge in [-0.05, 0) is 47.5 Å². The van der Waals surface area contributed by atoms with Gasteiger partial charge in [0.1, 0.15) is 0 Å². The average molecular weight is 589 g/mol.